The van der Waals surface area contributed by atoms with Gasteiger partial charge >= 0.3 is 0 Å². The first-order valence-electron chi connectivity index (χ1n) is 7.98. The summed E-state index contributed by atoms with van der Waals surface area (Å²) in [5, 5.41) is 0.796. The van der Waals surface area contributed by atoms with E-state index in [4.69, 9.17) is 16.3 Å². The third-order valence-corrected chi connectivity index (χ3v) is 7.06. The van der Waals surface area contributed by atoms with Gasteiger partial charge in [-0.3, -0.25) is 9.62 Å². The highest BCUT2D eigenvalue weighted by molar-refractivity contribution is 7.93. The molecule has 136 valence electrons. The Morgan fingerprint density at radius 3 is 2.88 bits per heavy atom. The second kappa shape index (κ2) is 8.01. The van der Waals surface area contributed by atoms with E-state index in [0.717, 1.165) is 44.1 Å². The van der Waals surface area contributed by atoms with Gasteiger partial charge in [-0.1, -0.05) is 17.7 Å². The molecule has 25 heavy (non-hydrogen) atoms. The molecule has 2 aromatic rings. The summed E-state index contributed by atoms with van der Waals surface area (Å²) in [6.07, 6.45) is 2.57. The number of halogens is 1. The van der Waals surface area contributed by atoms with Crippen LogP contribution in [0.4, 0.5) is 5.13 Å². The lowest BCUT2D eigenvalue weighted by Crippen LogP contribution is -2.37. The van der Waals surface area contributed by atoms with E-state index < -0.39 is 10.0 Å². The van der Waals surface area contributed by atoms with Crippen molar-refractivity contribution in [1.29, 1.82) is 0 Å². The minimum Gasteiger partial charge on any atom is -0.379 e. The van der Waals surface area contributed by atoms with Gasteiger partial charge in [-0.15, -0.1) is 11.3 Å². The summed E-state index contributed by atoms with van der Waals surface area (Å²) in [7, 11) is -3.70. The monoisotopic (exact) mass is 401 g/mol. The first-order valence-corrected chi connectivity index (χ1v) is 10.7. The molecular formula is C16H20ClN3O3S2. The van der Waals surface area contributed by atoms with Gasteiger partial charge < -0.3 is 4.74 Å². The standard InChI is InChI=1S/C16H20ClN3O3S2/c1-12-14(17)3-2-4-15(12)25(21,22)19-16-18-11-13(24-16)5-6-20-7-9-23-10-8-20/h2-4,11H,5-10H2,1H3,(H,18,19). The Hall–Kier alpha value is -1.19. The van der Waals surface area contributed by atoms with Crippen LogP contribution in [0.1, 0.15) is 10.4 Å². The van der Waals surface area contributed by atoms with Crippen LogP contribution in [0.3, 0.4) is 0 Å². The number of sulfonamides is 1. The molecule has 3 rings (SSSR count). The molecule has 1 aromatic carbocycles. The third-order valence-electron chi connectivity index (χ3n) is 4.06. The number of aromatic nitrogens is 1. The SMILES string of the molecule is Cc1c(Cl)cccc1S(=O)(=O)Nc1ncc(CCN2CCOCC2)s1. The Bertz CT molecular complexity index is 833. The molecule has 0 spiro atoms. The van der Waals surface area contributed by atoms with Crippen LogP contribution >= 0.6 is 22.9 Å². The summed E-state index contributed by atoms with van der Waals surface area (Å²) in [5.74, 6) is 0. The molecule has 9 heteroatoms. The zero-order valence-electron chi connectivity index (χ0n) is 13.9. The summed E-state index contributed by atoms with van der Waals surface area (Å²) in [6.45, 7) is 6.02. The largest absolute Gasteiger partial charge is 0.379 e. The normalized spacial score (nSPS) is 16.1. The molecule has 1 aliphatic heterocycles. The molecule has 2 heterocycles. The highest BCUT2D eigenvalue weighted by atomic mass is 35.5. The second-order valence-corrected chi connectivity index (χ2v) is 8.98. The van der Waals surface area contributed by atoms with Crippen molar-refractivity contribution in [3.8, 4) is 0 Å². The van der Waals surface area contributed by atoms with Gasteiger partial charge in [-0.05, 0) is 31.0 Å². The predicted molar refractivity (Wildman–Crippen MR) is 100 cm³/mol. The summed E-state index contributed by atoms with van der Waals surface area (Å²) >= 11 is 7.38. The van der Waals surface area contributed by atoms with Crippen LogP contribution in [0.2, 0.25) is 5.02 Å². The zero-order valence-corrected chi connectivity index (χ0v) is 16.3. The average Bonchev–Trinajstić information content (AvgIpc) is 3.03. The minimum atomic E-state index is -3.70. The molecule has 0 unspecified atom stereocenters. The fraction of sp³-hybridized carbons (Fsp3) is 0.438. The molecule has 1 fully saturated rings. The lowest BCUT2D eigenvalue weighted by Gasteiger charge is -2.26. The van der Waals surface area contributed by atoms with Gasteiger partial charge in [0.25, 0.3) is 10.0 Å². The lowest BCUT2D eigenvalue weighted by molar-refractivity contribution is 0.0385. The van der Waals surface area contributed by atoms with Crippen LogP contribution in [0.25, 0.3) is 0 Å². The number of thiazole rings is 1. The average molecular weight is 402 g/mol. The molecule has 1 saturated heterocycles. The predicted octanol–water partition coefficient (Wildman–Crippen LogP) is 2.78. The summed E-state index contributed by atoms with van der Waals surface area (Å²) in [6, 6.07) is 4.83. The van der Waals surface area contributed by atoms with E-state index in [-0.39, 0.29) is 4.90 Å². The number of nitrogens with zero attached hydrogens (tertiary/aromatic N) is 2. The Morgan fingerprint density at radius 1 is 1.36 bits per heavy atom. The second-order valence-electron chi connectivity index (χ2n) is 5.80. The molecule has 1 aromatic heterocycles. The first kappa shape index (κ1) is 18.6. The highest BCUT2D eigenvalue weighted by Gasteiger charge is 2.20. The fourth-order valence-electron chi connectivity index (χ4n) is 2.61. The van der Waals surface area contributed by atoms with Crippen molar-refractivity contribution < 1.29 is 13.2 Å². The maximum Gasteiger partial charge on any atom is 0.263 e. The van der Waals surface area contributed by atoms with Crippen molar-refractivity contribution >= 4 is 38.1 Å². The number of hydrogen-bond donors (Lipinski definition) is 1. The van der Waals surface area contributed by atoms with Crippen molar-refractivity contribution in [2.24, 2.45) is 0 Å². The zero-order chi connectivity index (χ0) is 17.9. The topological polar surface area (TPSA) is 71.5 Å². The molecule has 1 aliphatic rings. The van der Waals surface area contributed by atoms with E-state index in [1.807, 2.05) is 0 Å². The molecule has 0 radical (unpaired) electrons. The smallest absolute Gasteiger partial charge is 0.263 e. The van der Waals surface area contributed by atoms with Crippen LogP contribution in [0, 0.1) is 6.92 Å². The van der Waals surface area contributed by atoms with Crippen LogP contribution < -0.4 is 4.72 Å². The van der Waals surface area contributed by atoms with Gasteiger partial charge in [0.15, 0.2) is 5.13 Å². The van der Waals surface area contributed by atoms with E-state index in [1.165, 1.54) is 17.4 Å². The molecule has 0 aliphatic carbocycles. The van der Waals surface area contributed by atoms with Crippen molar-refractivity contribution in [2.45, 2.75) is 18.2 Å². The van der Waals surface area contributed by atoms with Crippen LogP contribution in [0.15, 0.2) is 29.3 Å². The van der Waals surface area contributed by atoms with Crippen LogP contribution in [-0.2, 0) is 21.2 Å². The fourth-order valence-corrected chi connectivity index (χ4v) is 5.15. The number of anilines is 1. The van der Waals surface area contributed by atoms with E-state index in [1.54, 1.807) is 25.3 Å². The molecule has 0 atom stereocenters. The number of benzene rings is 1. The summed E-state index contributed by atoms with van der Waals surface area (Å²) < 4.78 is 33.0. The molecule has 0 bridgehead atoms. The van der Waals surface area contributed by atoms with Gasteiger partial charge in [0.2, 0.25) is 0 Å². The minimum absolute atomic E-state index is 0.171. The Balaban J connectivity index is 1.65. The van der Waals surface area contributed by atoms with Crippen molar-refractivity contribution in [3.05, 3.63) is 39.9 Å². The van der Waals surface area contributed by atoms with Crippen molar-refractivity contribution in [3.63, 3.8) is 0 Å². The lowest BCUT2D eigenvalue weighted by atomic mass is 10.2. The maximum atomic E-state index is 12.6. The third kappa shape index (κ3) is 4.71. The van der Waals surface area contributed by atoms with Gasteiger partial charge in [0.1, 0.15) is 0 Å². The number of hydrogen-bond acceptors (Lipinski definition) is 6. The molecule has 0 saturated carbocycles. The van der Waals surface area contributed by atoms with Gasteiger partial charge in [0, 0.05) is 35.7 Å². The van der Waals surface area contributed by atoms with Crippen molar-refractivity contribution in [1.82, 2.24) is 9.88 Å². The van der Waals surface area contributed by atoms with Crippen LogP contribution in [0.5, 0.6) is 0 Å². The van der Waals surface area contributed by atoms with Crippen molar-refractivity contribution in [2.75, 3.05) is 37.6 Å². The van der Waals surface area contributed by atoms with Gasteiger partial charge in [-0.2, -0.15) is 0 Å². The highest BCUT2D eigenvalue weighted by Crippen LogP contribution is 2.26. The number of ether oxygens (including phenoxy) is 1. The number of morpholine rings is 1. The molecule has 6 nitrogen and oxygen atoms in total. The van der Waals surface area contributed by atoms with Gasteiger partial charge in [0.05, 0.1) is 18.1 Å². The summed E-state index contributed by atoms with van der Waals surface area (Å²) in [4.78, 5) is 7.75. The number of nitrogens with one attached hydrogen (secondary N) is 1. The number of rotatable bonds is 6. The Labute approximate surface area is 156 Å². The molecule has 1 N–H and O–H groups in total. The van der Waals surface area contributed by atoms with E-state index in [2.05, 4.69) is 14.6 Å². The molecular weight excluding hydrogens is 382 g/mol. The van der Waals surface area contributed by atoms with E-state index in [0.29, 0.717) is 15.7 Å². The Morgan fingerprint density at radius 2 is 2.12 bits per heavy atom. The van der Waals surface area contributed by atoms with E-state index >= 15 is 0 Å². The van der Waals surface area contributed by atoms with Crippen LogP contribution in [-0.4, -0.2) is 51.1 Å². The Kier molecular flexibility index (Phi) is 5.96. The first-order chi connectivity index (χ1) is 12.0. The summed E-state index contributed by atoms with van der Waals surface area (Å²) in [5.41, 5.74) is 0.528. The molecule has 0 amide bonds. The van der Waals surface area contributed by atoms with Gasteiger partial charge in [-0.25, -0.2) is 13.4 Å². The quantitative estimate of drug-likeness (QED) is 0.805. The maximum absolute atomic E-state index is 12.6. The van der Waals surface area contributed by atoms with E-state index in [9.17, 15) is 8.42 Å².